The van der Waals surface area contributed by atoms with E-state index in [0.29, 0.717) is 23.7 Å². The molecule has 2 atom stereocenters. The lowest BCUT2D eigenvalue weighted by Crippen LogP contribution is -2.51. The smallest absolute Gasteiger partial charge is 0.261 e. The zero-order valence-electron chi connectivity index (χ0n) is 24.9. The molecule has 2 aromatic carbocycles. The molecular weight excluding hydrogens is 500 g/mol. The molecule has 0 unspecified atom stereocenters. The Morgan fingerprint density at radius 1 is 1.12 bits per heavy atom. The van der Waals surface area contributed by atoms with Gasteiger partial charge >= 0.3 is 0 Å². The predicted octanol–water partition coefficient (Wildman–Crippen LogP) is 4.31. The van der Waals surface area contributed by atoms with E-state index in [-0.39, 0.29) is 17.1 Å². The summed E-state index contributed by atoms with van der Waals surface area (Å²) in [6.45, 7) is 11.8. The minimum Gasteiger partial charge on any atom is -0.508 e. The normalized spacial score (nSPS) is 20.8. The van der Waals surface area contributed by atoms with Crippen molar-refractivity contribution in [3.8, 4) is 5.75 Å². The highest BCUT2D eigenvalue weighted by Gasteiger charge is 2.38. The maximum Gasteiger partial charge on any atom is 0.261 e. The molecule has 2 aliphatic rings. The number of piperazine rings is 1. The van der Waals surface area contributed by atoms with Crippen molar-refractivity contribution in [2.75, 3.05) is 51.7 Å². The maximum absolute atomic E-state index is 13.7. The number of hydrogen-bond donors (Lipinski definition) is 2. The van der Waals surface area contributed by atoms with E-state index in [1.807, 2.05) is 29.7 Å². The first-order chi connectivity index (χ1) is 19.3. The SMILES string of the molecule is CCC[C@@H](c1nc2cc(N3CCC(c4cccc(O)c4)(N(C)C)CC3)ccc2c(=O)n1CC)N1CCN[C@@H](C)C1. The molecule has 40 heavy (non-hydrogen) atoms. The van der Waals surface area contributed by atoms with E-state index >= 15 is 0 Å². The second-order valence-corrected chi connectivity index (χ2v) is 11.8. The van der Waals surface area contributed by atoms with Crippen molar-refractivity contribution >= 4 is 16.6 Å². The molecule has 3 aromatic rings. The number of aromatic nitrogens is 2. The van der Waals surface area contributed by atoms with Crippen molar-refractivity contribution in [1.29, 1.82) is 0 Å². The molecule has 0 amide bonds. The highest BCUT2D eigenvalue weighted by molar-refractivity contribution is 5.82. The number of nitrogens with one attached hydrogen (secondary N) is 1. The lowest BCUT2D eigenvalue weighted by Gasteiger charge is -2.47. The average Bonchev–Trinajstić information content (AvgIpc) is 2.95. The third-order valence-corrected chi connectivity index (χ3v) is 9.18. The van der Waals surface area contributed by atoms with Crippen LogP contribution in [0.15, 0.2) is 47.3 Å². The summed E-state index contributed by atoms with van der Waals surface area (Å²) < 4.78 is 1.90. The van der Waals surface area contributed by atoms with Crippen molar-refractivity contribution in [1.82, 2.24) is 24.7 Å². The van der Waals surface area contributed by atoms with Gasteiger partial charge in [-0.3, -0.25) is 19.2 Å². The van der Waals surface area contributed by atoms with Gasteiger partial charge in [0.2, 0.25) is 0 Å². The van der Waals surface area contributed by atoms with Crippen LogP contribution in [0.3, 0.4) is 0 Å². The summed E-state index contributed by atoms with van der Waals surface area (Å²) in [6, 6.07) is 14.4. The summed E-state index contributed by atoms with van der Waals surface area (Å²) in [4.78, 5) is 26.2. The van der Waals surface area contributed by atoms with Gasteiger partial charge in [-0.2, -0.15) is 0 Å². The van der Waals surface area contributed by atoms with E-state index in [2.05, 4.69) is 66.2 Å². The molecule has 0 aliphatic carbocycles. The van der Waals surface area contributed by atoms with Crippen molar-refractivity contribution in [3.05, 3.63) is 64.2 Å². The van der Waals surface area contributed by atoms with E-state index < -0.39 is 0 Å². The van der Waals surface area contributed by atoms with Crippen LogP contribution < -0.4 is 15.8 Å². The third kappa shape index (κ3) is 5.37. The van der Waals surface area contributed by atoms with Crippen LogP contribution in [0.2, 0.25) is 0 Å². The number of benzene rings is 2. The maximum atomic E-state index is 13.7. The highest BCUT2D eigenvalue weighted by atomic mass is 16.3. The minimum absolute atomic E-state index is 0.0625. The molecule has 0 saturated carbocycles. The molecule has 2 N–H and O–H groups in total. The minimum atomic E-state index is -0.125. The Bertz CT molecular complexity index is 1380. The Morgan fingerprint density at radius 3 is 2.55 bits per heavy atom. The molecule has 2 fully saturated rings. The topological polar surface area (TPSA) is 76.9 Å². The number of hydrogen-bond acceptors (Lipinski definition) is 7. The fourth-order valence-corrected chi connectivity index (χ4v) is 6.90. The third-order valence-electron chi connectivity index (χ3n) is 9.18. The molecule has 3 heterocycles. The number of piperidine rings is 1. The number of aromatic hydroxyl groups is 1. The number of phenolic OH excluding ortho intramolecular Hbond substituents is 1. The monoisotopic (exact) mass is 546 g/mol. The summed E-state index contributed by atoms with van der Waals surface area (Å²) in [5, 5.41) is 14.4. The standard InChI is InChI=1S/C32H46N6O2/c1-6-9-29(37-19-16-33-23(3)22-37)30-34-28-21-25(12-13-27(28)31(40)38(30)7-2)36-17-14-32(15-18-36,35(4)5)24-10-8-11-26(39)20-24/h8,10-13,20-21,23,29,33,39H,6-7,9,14-19,22H2,1-5H3/t23-,29-/m0/s1. The van der Waals surface area contributed by atoms with Gasteiger partial charge in [0.1, 0.15) is 11.6 Å². The summed E-state index contributed by atoms with van der Waals surface area (Å²) in [5.74, 6) is 1.22. The lowest BCUT2D eigenvalue weighted by molar-refractivity contribution is 0.115. The van der Waals surface area contributed by atoms with E-state index in [1.54, 1.807) is 6.07 Å². The quantitative estimate of drug-likeness (QED) is 0.436. The summed E-state index contributed by atoms with van der Waals surface area (Å²) in [5.41, 5.74) is 3.01. The Morgan fingerprint density at radius 2 is 1.90 bits per heavy atom. The molecule has 1 aromatic heterocycles. The Labute approximate surface area is 238 Å². The molecule has 216 valence electrons. The zero-order chi connectivity index (χ0) is 28.4. The van der Waals surface area contributed by atoms with Gasteiger partial charge in [-0.15, -0.1) is 0 Å². The van der Waals surface area contributed by atoms with Crippen molar-refractivity contribution in [2.24, 2.45) is 0 Å². The van der Waals surface area contributed by atoms with E-state index in [1.165, 1.54) is 0 Å². The number of rotatable bonds is 8. The van der Waals surface area contributed by atoms with Crippen LogP contribution in [0.4, 0.5) is 5.69 Å². The van der Waals surface area contributed by atoms with Gasteiger partial charge in [-0.25, -0.2) is 4.98 Å². The summed E-state index contributed by atoms with van der Waals surface area (Å²) in [6.07, 6.45) is 3.91. The lowest BCUT2D eigenvalue weighted by atomic mass is 9.79. The van der Waals surface area contributed by atoms with Crippen LogP contribution in [0, 0.1) is 0 Å². The van der Waals surface area contributed by atoms with Gasteiger partial charge in [0.25, 0.3) is 5.56 Å². The predicted molar refractivity (Wildman–Crippen MR) is 163 cm³/mol. The number of fused-ring (bicyclic) bond motifs is 1. The molecular formula is C32H46N6O2. The Hall–Kier alpha value is -2.94. The summed E-state index contributed by atoms with van der Waals surface area (Å²) >= 11 is 0. The highest BCUT2D eigenvalue weighted by Crippen LogP contribution is 2.40. The van der Waals surface area contributed by atoms with Crippen molar-refractivity contribution in [3.63, 3.8) is 0 Å². The molecule has 8 heteroatoms. The van der Waals surface area contributed by atoms with Gasteiger partial charge in [-0.1, -0.05) is 25.5 Å². The Balaban J connectivity index is 1.47. The van der Waals surface area contributed by atoms with Gasteiger partial charge in [0.05, 0.1) is 16.9 Å². The number of phenols is 1. The molecule has 0 spiro atoms. The van der Waals surface area contributed by atoms with Crippen molar-refractivity contribution in [2.45, 2.75) is 70.6 Å². The summed E-state index contributed by atoms with van der Waals surface area (Å²) in [7, 11) is 4.26. The van der Waals surface area contributed by atoms with Crippen LogP contribution >= 0.6 is 0 Å². The van der Waals surface area contributed by atoms with Gasteiger partial charge < -0.3 is 15.3 Å². The van der Waals surface area contributed by atoms with Crippen LogP contribution in [-0.4, -0.2) is 77.3 Å². The van der Waals surface area contributed by atoms with Crippen LogP contribution in [0.1, 0.15) is 63.9 Å². The van der Waals surface area contributed by atoms with E-state index in [9.17, 15) is 9.90 Å². The molecule has 2 aliphatic heterocycles. The zero-order valence-corrected chi connectivity index (χ0v) is 24.9. The molecule has 0 radical (unpaired) electrons. The van der Waals surface area contributed by atoms with E-state index in [0.717, 1.165) is 81.0 Å². The van der Waals surface area contributed by atoms with E-state index in [4.69, 9.17) is 4.98 Å². The number of anilines is 1. The molecule has 2 saturated heterocycles. The fourth-order valence-electron chi connectivity index (χ4n) is 6.90. The van der Waals surface area contributed by atoms with Crippen LogP contribution in [0.5, 0.6) is 5.75 Å². The molecule has 8 nitrogen and oxygen atoms in total. The first-order valence-electron chi connectivity index (χ1n) is 15.0. The van der Waals surface area contributed by atoms with Crippen molar-refractivity contribution < 1.29 is 5.11 Å². The second kappa shape index (κ2) is 11.9. The van der Waals surface area contributed by atoms with Gasteiger partial charge in [0.15, 0.2) is 0 Å². The Kier molecular flexibility index (Phi) is 8.50. The van der Waals surface area contributed by atoms with Crippen LogP contribution in [0.25, 0.3) is 10.9 Å². The molecule has 0 bridgehead atoms. The average molecular weight is 547 g/mol. The number of nitrogens with zero attached hydrogens (tertiary/aromatic N) is 5. The first kappa shape index (κ1) is 28.6. The second-order valence-electron chi connectivity index (χ2n) is 11.8. The first-order valence-corrected chi connectivity index (χ1v) is 15.0. The van der Waals surface area contributed by atoms with Gasteiger partial charge in [0, 0.05) is 56.5 Å². The molecule has 5 rings (SSSR count). The largest absolute Gasteiger partial charge is 0.508 e. The van der Waals surface area contributed by atoms with Gasteiger partial charge in [-0.05, 0) is 83.1 Å². The fraction of sp³-hybridized carbons (Fsp3) is 0.562. The van der Waals surface area contributed by atoms with Crippen LogP contribution in [-0.2, 0) is 12.1 Å².